The number of ether oxygens (including phenoxy) is 1. The van der Waals surface area contributed by atoms with E-state index in [1.807, 2.05) is 0 Å². The van der Waals surface area contributed by atoms with Crippen molar-refractivity contribution < 1.29 is 18.3 Å². The van der Waals surface area contributed by atoms with Crippen LogP contribution in [-0.2, 0) is 14.8 Å². The zero-order chi connectivity index (χ0) is 14.3. The van der Waals surface area contributed by atoms with E-state index in [2.05, 4.69) is 20.7 Å². The average Bonchev–Trinajstić information content (AvgIpc) is 2.36. The minimum atomic E-state index is -3.62. The van der Waals surface area contributed by atoms with E-state index >= 15 is 0 Å². The Hall–Kier alpha value is -0.670. The highest BCUT2D eigenvalue weighted by Gasteiger charge is 2.16. The van der Waals surface area contributed by atoms with E-state index in [-0.39, 0.29) is 30.3 Å². The number of hydrogen-bond acceptors (Lipinski definition) is 5. The number of anilines is 1. The van der Waals surface area contributed by atoms with Gasteiger partial charge in [-0.25, -0.2) is 13.1 Å². The Kier molecular flexibility index (Phi) is 6.73. The third kappa shape index (κ3) is 5.45. The zero-order valence-corrected chi connectivity index (χ0v) is 12.7. The lowest BCUT2D eigenvalue weighted by atomic mass is 10.3. The molecule has 6 nitrogen and oxygen atoms in total. The average molecular weight is 353 g/mol. The summed E-state index contributed by atoms with van der Waals surface area (Å²) in [6.07, 6.45) is 0.521. The van der Waals surface area contributed by atoms with Gasteiger partial charge in [0.2, 0.25) is 10.0 Å². The molecular weight excluding hydrogens is 336 g/mol. The van der Waals surface area contributed by atoms with Gasteiger partial charge in [-0.3, -0.25) is 0 Å². The molecule has 1 rings (SSSR count). The van der Waals surface area contributed by atoms with Crippen molar-refractivity contribution in [2.45, 2.75) is 11.3 Å². The van der Waals surface area contributed by atoms with Crippen molar-refractivity contribution in [1.82, 2.24) is 4.72 Å². The highest BCUT2D eigenvalue weighted by atomic mass is 79.9. The quantitative estimate of drug-likeness (QED) is 0.472. The fourth-order valence-electron chi connectivity index (χ4n) is 1.37. The SMILES string of the molecule is Nc1ccc(Br)cc1S(=O)(=O)NCCCOCCO. The minimum absolute atomic E-state index is 0.0414. The second kappa shape index (κ2) is 7.81. The van der Waals surface area contributed by atoms with E-state index in [1.165, 1.54) is 12.1 Å². The summed E-state index contributed by atoms with van der Waals surface area (Å²) >= 11 is 3.21. The number of aliphatic hydroxyl groups is 1. The van der Waals surface area contributed by atoms with E-state index in [0.717, 1.165) is 0 Å². The molecule has 0 radical (unpaired) electrons. The van der Waals surface area contributed by atoms with E-state index in [4.69, 9.17) is 15.6 Å². The number of hydrogen-bond donors (Lipinski definition) is 3. The molecule has 0 spiro atoms. The lowest BCUT2D eigenvalue weighted by Crippen LogP contribution is -2.26. The second-order valence-electron chi connectivity index (χ2n) is 3.77. The van der Waals surface area contributed by atoms with Crippen molar-refractivity contribution >= 4 is 31.6 Å². The van der Waals surface area contributed by atoms with Gasteiger partial charge in [0.1, 0.15) is 4.90 Å². The van der Waals surface area contributed by atoms with Crippen LogP contribution < -0.4 is 10.5 Å². The lowest BCUT2D eigenvalue weighted by molar-refractivity contribution is 0.0913. The molecule has 108 valence electrons. The van der Waals surface area contributed by atoms with E-state index in [9.17, 15) is 8.42 Å². The molecule has 1 aromatic carbocycles. The van der Waals surface area contributed by atoms with Crippen LogP contribution in [0, 0.1) is 0 Å². The Morgan fingerprint density at radius 3 is 2.79 bits per heavy atom. The maximum Gasteiger partial charge on any atom is 0.242 e. The summed E-state index contributed by atoms with van der Waals surface area (Å²) in [7, 11) is -3.62. The number of aliphatic hydroxyl groups excluding tert-OH is 1. The topological polar surface area (TPSA) is 102 Å². The maximum atomic E-state index is 12.0. The standard InChI is InChI=1S/C11H17BrN2O4S/c12-9-2-3-10(13)11(8-9)19(16,17)14-4-1-6-18-7-5-15/h2-3,8,14-15H,1,4-7,13H2. The van der Waals surface area contributed by atoms with Gasteiger partial charge in [-0.1, -0.05) is 15.9 Å². The molecule has 0 aliphatic heterocycles. The molecule has 0 unspecified atom stereocenters. The third-order valence-corrected chi connectivity index (χ3v) is 4.27. The Balaban J connectivity index is 2.54. The first-order chi connectivity index (χ1) is 8.97. The normalized spacial score (nSPS) is 11.7. The highest BCUT2D eigenvalue weighted by molar-refractivity contribution is 9.10. The first-order valence-electron chi connectivity index (χ1n) is 5.70. The maximum absolute atomic E-state index is 12.0. The predicted octanol–water partition coefficient (Wildman–Crippen LogP) is 0.709. The van der Waals surface area contributed by atoms with E-state index < -0.39 is 10.0 Å². The molecule has 0 saturated carbocycles. The Morgan fingerprint density at radius 1 is 1.37 bits per heavy atom. The first kappa shape index (κ1) is 16.4. The smallest absolute Gasteiger partial charge is 0.242 e. The summed E-state index contributed by atoms with van der Waals surface area (Å²) in [6, 6.07) is 4.67. The van der Waals surface area contributed by atoms with Crippen molar-refractivity contribution in [3.63, 3.8) is 0 Å². The molecule has 0 aromatic heterocycles. The van der Waals surface area contributed by atoms with Gasteiger partial charge in [-0.2, -0.15) is 0 Å². The summed E-state index contributed by atoms with van der Waals surface area (Å²) in [4.78, 5) is 0.0538. The van der Waals surface area contributed by atoms with Gasteiger partial charge in [-0.05, 0) is 24.6 Å². The van der Waals surface area contributed by atoms with Crippen LogP contribution in [0.5, 0.6) is 0 Å². The molecule has 8 heteroatoms. The van der Waals surface area contributed by atoms with Crippen LogP contribution >= 0.6 is 15.9 Å². The summed E-state index contributed by atoms with van der Waals surface area (Å²) < 4.78 is 32.1. The van der Waals surface area contributed by atoms with Gasteiger partial charge in [0.25, 0.3) is 0 Å². The van der Waals surface area contributed by atoms with Gasteiger partial charge < -0.3 is 15.6 Å². The van der Waals surface area contributed by atoms with Crippen LogP contribution in [0.4, 0.5) is 5.69 Å². The number of nitrogens with two attached hydrogens (primary N) is 1. The van der Waals surface area contributed by atoms with Gasteiger partial charge in [-0.15, -0.1) is 0 Å². The molecule has 0 bridgehead atoms. The van der Waals surface area contributed by atoms with Crippen molar-refractivity contribution in [3.8, 4) is 0 Å². The number of nitrogen functional groups attached to an aromatic ring is 1. The van der Waals surface area contributed by atoms with Crippen molar-refractivity contribution in [2.75, 3.05) is 32.1 Å². The van der Waals surface area contributed by atoms with Crippen molar-refractivity contribution in [3.05, 3.63) is 22.7 Å². The molecule has 4 N–H and O–H groups in total. The van der Waals surface area contributed by atoms with E-state index in [1.54, 1.807) is 6.07 Å². The third-order valence-electron chi connectivity index (χ3n) is 2.26. The van der Waals surface area contributed by atoms with Crippen LogP contribution in [0.3, 0.4) is 0 Å². The van der Waals surface area contributed by atoms with E-state index in [0.29, 0.717) is 17.5 Å². The number of nitrogens with one attached hydrogen (secondary N) is 1. The molecule has 0 amide bonds. The number of sulfonamides is 1. The summed E-state index contributed by atoms with van der Waals surface area (Å²) in [5.41, 5.74) is 5.85. The van der Waals surface area contributed by atoms with Gasteiger partial charge in [0.15, 0.2) is 0 Å². The molecule has 0 saturated heterocycles. The van der Waals surface area contributed by atoms with Crippen LogP contribution in [0.1, 0.15) is 6.42 Å². The number of rotatable bonds is 8. The minimum Gasteiger partial charge on any atom is -0.398 e. The monoisotopic (exact) mass is 352 g/mol. The summed E-state index contributed by atoms with van der Waals surface area (Å²) in [5.74, 6) is 0. The van der Waals surface area contributed by atoms with Gasteiger partial charge in [0, 0.05) is 17.6 Å². The van der Waals surface area contributed by atoms with Gasteiger partial charge >= 0.3 is 0 Å². The molecule has 0 fully saturated rings. The molecular formula is C11H17BrN2O4S. The first-order valence-corrected chi connectivity index (χ1v) is 7.98. The Morgan fingerprint density at radius 2 is 2.11 bits per heavy atom. The molecule has 0 aliphatic carbocycles. The Bertz CT molecular complexity index is 507. The zero-order valence-electron chi connectivity index (χ0n) is 10.3. The largest absolute Gasteiger partial charge is 0.398 e. The lowest BCUT2D eigenvalue weighted by Gasteiger charge is -2.09. The predicted molar refractivity (Wildman–Crippen MR) is 76.3 cm³/mol. The Labute approximate surface area is 121 Å². The fourth-order valence-corrected chi connectivity index (χ4v) is 3.11. The van der Waals surface area contributed by atoms with Crippen molar-refractivity contribution in [2.24, 2.45) is 0 Å². The highest BCUT2D eigenvalue weighted by Crippen LogP contribution is 2.22. The molecule has 0 atom stereocenters. The molecule has 19 heavy (non-hydrogen) atoms. The fraction of sp³-hybridized carbons (Fsp3) is 0.455. The van der Waals surface area contributed by atoms with Crippen LogP contribution in [0.25, 0.3) is 0 Å². The van der Waals surface area contributed by atoms with Crippen LogP contribution in [0.15, 0.2) is 27.6 Å². The van der Waals surface area contributed by atoms with Crippen LogP contribution in [0.2, 0.25) is 0 Å². The molecule has 0 heterocycles. The number of benzene rings is 1. The second-order valence-corrected chi connectivity index (χ2v) is 6.42. The van der Waals surface area contributed by atoms with Crippen molar-refractivity contribution in [1.29, 1.82) is 0 Å². The van der Waals surface area contributed by atoms with Gasteiger partial charge in [0.05, 0.1) is 18.9 Å². The molecule has 1 aromatic rings. The number of halogens is 1. The summed E-state index contributed by atoms with van der Waals surface area (Å²) in [6.45, 7) is 0.850. The molecule has 0 aliphatic rings. The van der Waals surface area contributed by atoms with Crippen LogP contribution in [-0.4, -0.2) is 39.9 Å². The summed E-state index contributed by atoms with van der Waals surface area (Å²) in [5, 5.41) is 8.50.